The number of fused-ring (bicyclic) bond motifs is 1. The lowest BCUT2D eigenvalue weighted by Crippen LogP contribution is -2.20. The van der Waals surface area contributed by atoms with Crippen LogP contribution in [-0.2, 0) is 5.92 Å². The lowest BCUT2D eigenvalue weighted by Gasteiger charge is -2.20. The number of benzene rings is 2. The van der Waals surface area contributed by atoms with E-state index in [0.29, 0.717) is 30.5 Å². The number of anilines is 2. The molecular formula is C22H20F2N4O4. The number of amides is 1. The Hall–Kier alpha value is -3.79. The number of nitrogens with zero attached hydrogens (tertiary/aromatic N) is 2. The lowest BCUT2D eigenvalue weighted by molar-refractivity contribution is -0.0555. The first-order valence-electron chi connectivity index (χ1n) is 9.78. The second-order valence-corrected chi connectivity index (χ2v) is 7.11. The molecule has 10 heteroatoms. The molecule has 0 fully saturated rings. The van der Waals surface area contributed by atoms with Crippen LogP contribution in [0.3, 0.4) is 0 Å². The number of halogens is 2. The zero-order valence-corrected chi connectivity index (χ0v) is 17.1. The summed E-state index contributed by atoms with van der Waals surface area (Å²) in [7, 11) is 0. The van der Waals surface area contributed by atoms with Crippen molar-refractivity contribution in [2.45, 2.75) is 12.8 Å². The largest absolute Gasteiger partial charge is 0.483 e. The Morgan fingerprint density at radius 3 is 2.94 bits per heavy atom. The molecule has 1 amide bonds. The maximum Gasteiger partial charge on any atom is 0.295 e. The van der Waals surface area contributed by atoms with Gasteiger partial charge in [0.1, 0.15) is 25.3 Å². The molecule has 0 saturated carbocycles. The van der Waals surface area contributed by atoms with E-state index in [2.05, 4.69) is 20.6 Å². The fourth-order valence-corrected chi connectivity index (χ4v) is 3.08. The number of carbonyl (C=O) groups is 1. The Balaban J connectivity index is 1.56. The van der Waals surface area contributed by atoms with Crippen LogP contribution in [0.15, 0.2) is 48.8 Å². The summed E-state index contributed by atoms with van der Waals surface area (Å²) >= 11 is 0. The predicted molar refractivity (Wildman–Crippen MR) is 113 cm³/mol. The van der Waals surface area contributed by atoms with Gasteiger partial charge in [0.2, 0.25) is 5.75 Å². The van der Waals surface area contributed by atoms with Gasteiger partial charge in [0.15, 0.2) is 5.82 Å². The van der Waals surface area contributed by atoms with Crippen molar-refractivity contribution in [2.24, 2.45) is 0 Å². The highest BCUT2D eigenvalue weighted by Gasteiger charge is 2.30. The van der Waals surface area contributed by atoms with Crippen LogP contribution in [0.1, 0.15) is 21.5 Å². The first kappa shape index (κ1) is 21.4. The molecule has 0 spiro atoms. The second-order valence-electron chi connectivity index (χ2n) is 7.11. The van der Waals surface area contributed by atoms with Crippen LogP contribution in [0.2, 0.25) is 0 Å². The van der Waals surface area contributed by atoms with Gasteiger partial charge in [-0.3, -0.25) is 4.79 Å². The molecule has 1 aliphatic rings. The number of ether oxygens (including phenoxy) is 2. The molecular weight excluding hydrogens is 422 g/mol. The molecule has 1 aromatic heterocycles. The number of alkyl halides is 2. The normalized spacial score (nSPS) is 12.9. The van der Waals surface area contributed by atoms with Gasteiger partial charge in [0, 0.05) is 16.8 Å². The van der Waals surface area contributed by atoms with Crippen molar-refractivity contribution in [1.29, 1.82) is 0 Å². The van der Waals surface area contributed by atoms with Crippen LogP contribution >= 0.6 is 0 Å². The second kappa shape index (κ2) is 8.75. The van der Waals surface area contributed by atoms with Crippen LogP contribution in [0.4, 0.5) is 20.3 Å². The van der Waals surface area contributed by atoms with Crippen LogP contribution in [0.25, 0.3) is 0 Å². The van der Waals surface area contributed by atoms with E-state index in [1.165, 1.54) is 30.6 Å². The Morgan fingerprint density at radius 1 is 1.28 bits per heavy atom. The minimum Gasteiger partial charge on any atom is -0.483 e. The van der Waals surface area contributed by atoms with Gasteiger partial charge in [-0.05, 0) is 36.8 Å². The SMILES string of the molecule is Cc1ccc(C(=O)Nc2cccc(C(F)(F)CO)c2)cc1Oc1ncnc2c1OCCN2. The van der Waals surface area contributed by atoms with Crippen LogP contribution in [0.5, 0.6) is 17.4 Å². The van der Waals surface area contributed by atoms with E-state index >= 15 is 0 Å². The summed E-state index contributed by atoms with van der Waals surface area (Å²) in [5.74, 6) is -2.42. The summed E-state index contributed by atoms with van der Waals surface area (Å²) in [6.45, 7) is 1.54. The first-order chi connectivity index (χ1) is 15.4. The number of aromatic nitrogens is 2. The van der Waals surface area contributed by atoms with Gasteiger partial charge in [-0.25, -0.2) is 4.98 Å². The van der Waals surface area contributed by atoms with E-state index in [-0.39, 0.29) is 17.1 Å². The molecule has 0 aliphatic carbocycles. The van der Waals surface area contributed by atoms with E-state index in [1.807, 2.05) is 6.92 Å². The number of aliphatic hydroxyl groups is 1. The topological polar surface area (TPSA) is 106 Å². The smallest absolute Gasteiger partial charge is 0.295 e. The zero-order valence-electron chi connectivity index (χ0n) is 17.1. The highest BCUT2D eigenvalue weighted by molar-refractivity contribution is 6.04. The molecule has 32 heavy (non-hydrogen) atoms. The summed E-state index contributed by atoms with van der Waals surface area (Å²) in [4.78, 5) is 21.0. The molecule has 1 aliphatic heterocycles. The predicted octanol–water partition coefficient (Wildman–Crippen LogP) is 3.72. The van der Waals surface area contributed by atoms with Gasteiger partial charge in [-0.15, -0.1) is 0 Å². The third kappa shape index (κ3) is 4.45. The fourth-order valence-electron chi connectivity index (χ4n) is 3.08. The standard InChI is InChI=1S/C22H20F2N4O4/c1-13-5-6-14(20(30)28-16-4-2-3-15(10-16)22(23,24)11-29)9-17(13)32-21-18-19(26-12-27-21)25-7-8-31-18/h2-6,9-10,12,29H,7-8,11H2,1H3,(H,28,30)(H,25,26,27). The number of carbonyl (C=O) groups excluding carboxylic acids is 1. The number of aliphatic hydroxyl groups excluding tert-OH is 1. The minimum absolute atomic E-state index is 0.174. The van der Waals surface area contributed by atoms with Crippen molar-refractivity contribution in [3.63, 3.8) is 0 Å². The highest BCUT2D eigenvalue weighted by Crippen LogP contribution is 2.37. The maximum absolute atomic E-state index is 13.7. The van der Waals surface area contributed by atoms with Crippen molar-refractivity contribution in [1.82, 2.24) is 9.97 Å². The van der Waals surface area contributed by atoms with E-state index in [9.17, 15) is 13.6 Å². The Bertz CT molecular complexity index is 1160. The van der Waals surface area contributed by atoms with Crippen molar-refractivity contribution in [3.8, 4) is 17.4 Å². The number of hydrogen-bond acceptors (Lipinski definition) is 7. The Labute approximate surface area is 182 Å². The van der Waals surface area contributed by atoms with Crippen molar-refractivity contribution in [2.75, 3.05) is 30.4 Å². The number of aryl methyl sites for hydroxylation is 1. The summed E-state index contributed by atoms with van der Waals surface area (Å²) < 4.78 is 39.0. The summed E-state index contributed by atoms with van der Waals surface area (Å²) in [6, 6.07) is 9.99. The quantitative estimate of drug-likeness (QED) is 0.534. The van der Waals surface area contributed by atoms with Gasteiger partial charge < -0.3 is 25.2 Å². The maximum atomic E-state index is 13.7. The van der Waals surface area contributed by atoms with Crippen molar-refractivity contribution < 1.29 is 28.2 Å². The van der Waals surface area contributed by atoms with Crippen molar-refractivity contribution in [3.05, 3.63) is 65.5 Å². The van der Waals surface area contributed by atoms with E-state index < -0.39 is 24.0 Å². The monoisotopic (exact) mass is 442 g/mol. The molecule has 0 bridgehead atoms. The third-order valence-electron chi connectivity index (χ3n) is 4.81. The van der Waals surface area contributed by atoms with Gasteiger partial charge in [-0.1, -0.05) is 18.2 Å². The fraction of sp³-hybridized carbons (Fsp3) is 0.227. The van der Waals surface area contributed by atoms with Crippen LogP contribution < -0.4 is 20.1 Å². The summed E-state index contributed by atoms with van der Waals surface area (Å²) in [5.41, 5.74) is 0.787. The molecule has 0 unspecified atom stereocenters. The molecule has 8 nitrogen and oxygen atoms in total. The van der Waals surface area contributed by atoms with Crippen LogP contribution in [-0.4, -0.2) is 40.7 Å². The lowest BCUT2D eigenvalue weighted by atomic mass is 10.1. The average molecular weight is 442 g/mol. The third-order valence-corrected chi connectivity index (χ3v) is 4.81. The molecule has 3 aromatic rings. The van der Waals surface area contributed by atoms with E-state index in [1.54, 1.807) is 12.1 Å². The van der Waals surface area contributed by atoms with E-state index in [4.69, 9.17) is 14.6 Å². The summed E-state index contributed by atoms with van der Waals surface area (Å²) in [6.07, 6.45) is 1.34. The molecule has 3 N–H and O–H groups in total. The molecule has 166 valence electrons. The number of nitrogens with one attached hydrogen (secondary N) is 2. The van der Waals surface area contributed by atoms with Crippen LogP contribution in [0, 0.1) is 6.92 Å². The van der Waals surface area contributed by atoms with Gasteiger partial charge in [0.05, 0.1) is 6.54 Å². The zero-order chi connectivity index (χ0) is 22.7. The average Bonchev–Trinajstić information content (AvgIpc) is 2.81. The van der Waals surface area contributed by atoms with Gasteiger partial charge in [0.25, 0.3) is 17.7 Å². The molecule has 0 radical (unpaired) electrons. The molecule has 4 rings (SSSR count). The molecule has 0 atom stereocenters. The molecule has 0 saturated heterocycles. The van der Waals surface area contributed by atoms with E-state index in [0.717, 1.165) is 11.6 Å². The minimum atomic E-state index is -3.40. The van der Waals surface area contributed by atoms with Gasteiger partial charge >= 0.3 is 0 Å². The Morgan fingerprint density at radius 2 is 2.12 bits per heavy atom. The molecule has 2 aromatic carbocycles. The van der Waals surface area contributed by atoms with Crippen molar-refractivity contribution >= 4 is 17.4 Å². The number of hydrogen-bond donors (Lipinski definition) is 3. The Kier molecular flexibility index (Phi) is 5.87. The molecule has 2 heterocycles. The highest BCUT2D eigenvalue weighted by atomic mass is 19.3. The first-order valence-corrected chi connectivity index (χ1v) is 9.78. The van der Waals surface area contributed by atoms with Gasteiger partial charge in [-0.2, -0.15) is 13.8 Å². The number of rotatable bonds is 6. The summed E-state index contributed by atoms with van der Waals surface area (Å²) in [5, 5.41) is 14.6.